The Morgan fingerprint density at radius 1 is 1.18 bits per heavy atom. The minimum Gasteiger partial charge on any atom is -0.324 e. The SMILES string of the molecule is CC(C)CC[C@H](N)c1c(F)cc(Cl)cc1F.Cl. The summed E-state index contributed by atoms with van der Waals surface area (Å²) in [5, 5.41) is 0.0507. The maximum atomic E-state index is 13.5. The Morgan fingerprint density at radius 3 is 2.06 bits per heavy atom. The Labute approximate surface area is 112 Å². The summed E-state index contributed by atoms with van der Waals surface area (Å²) in [4.78, 5) is 0. The molecule has 0 saturated carbocycles. The van der Waals surface area contributed by atoms with E-state index in [0.717, 1.165) is 18.6 Å². The number of halogens is 4. The maximum Gasteiger partial charge on any atom is 0.132 e. The van der Waals surface area contributed by atoms with Gasteiger partial charge in [-0.25, -0.2) is 8.78 Å². The van der Waals surface area contributed by atoms with E-state index >= 15 is 0 Å². The van der Waals surface area contributed by atoms with Crippen molar-refractivity contribution in [2.24, 2.45) is 11.7 Å². The first-order valence-electron chi connectivity index (χ1n) is 5.31. The number of rotatable bonds is 4. The van der Waals surface area contributed by atoms with Crippen molar-refractivity contribution in [3.63, 3.8) is 0 Å². The van der Waals surface area contributed by atoms with Crippen molar-refractivity contribution >= 4 is 24.0 Å². The lowest BCUT2D eigenvalue weighted by Gasteiger charge is -2.15. The Bertz CT molecular complexity index is 347. The van der Waals surface area contributed by atoms with Crippen molar-refractivity contribution in [2.45, 2.75) is 32.7 Å². The summed E-state index contributed by atoms with van der Waals surface area (Å²) in [5.74, 6) is -0.869. The van der Waals surface area contributed by atoms with Crippen LogP contribution in [-0.4, -0.2) is 0 Å². The molecular formula is C12H17Cl2F2N. The Kier molecular flexibility index (Phi) is 6.98. The van der Waals surface area contributed by atoms with Gasteiger partial charge in [0.25, 0.3) is 0 Å². The van der Waals surface area contributed by atoms with Crippen LogP contribution in [0, 0.1) is 17.6 Å². The molecule has 98 valence electrons. The van der Waals surface area contributed by atoms with Crippen LogP contribution in [-0.2, 0) is 0 Å². The van der Waals surface area contributed by atoms with E-state index in [1.165, 1.54) is 0 Å². The molecule has 0 aliphatic carbocycles. The fourth-order valence-corrected chi connectivity index (χ4v) is 1.76. The molecule has 0 unspecified atom stereocenters. The molecule has 0 amide bonds. The van der Waals surface area contributed by atoms with E-state index in [0.29, 0.717) is 12.3 Å². The molecule has 17 heavy (non-hydrogen) atoms. The number of hydrogen-bond acceptors (Lipinski definition) is 1. The highest BCUT2D eigenvalue weighted by molar-refractivity contribution is 6.30. The number of hydrogen-bond donors (Lipinski definition) is 1. The molecule has 0 saturated heterocycles. The van der Waals surface area contributed by atoms with Crippen molar-refractivity contribution in [3.05, 3.63) is 34.4 Å². The summed E-state index contributed by atoms with van der Waals surface area (Å²) in [6.45, 7) is 4.09. The summed E-state index contributed by atoms with van der Waals surface area (Å²) in [6, 6.07) is 1.57. The van der Waals surface area contributed by atoms with E-state index in [1.807, 2.05) is 13.8 Å². The zero-order valence-corrected chi connectivity index (χ0v) is 11.4. The molecule has 1 nitrogen and oxygen atoms in total. The van der Waals surface area contributed by atoms with E-state index in [4.69, 9.17) is 17.3 Å². The minimum absolute atomic E-state index is 0. The third-order valence-corrected chi connectivity index (χ3v) is 2.69. The van der Waals surface area contributed by atoms with Crippen LogP contribution in [0.15, 0.2) is 12.1 Å². The molecule has 0 aliphatic heterocycles. The first-order valence-corrected chi connectivity index (χ1v) is 5.69. The van der Waals surface area contributed by atoms with Gasteiger partial charge in [-0.15, -0.1) is 12.4 Å². The Balaban J connectivity index is 0.00000256. The van der Waals surface area contributed by atoms with Crippen molar-refractivity contribution in [2.75, 3.05) is 0 Å². The van der Waals surface area contributed by atoms with Crippen molar-refractivity contribution in [3.8, 4) is 0 Å². The molecule has 0 spiro atoms. The van der Waals surface area contributed by atoms with Crippen molar-refractivity contribution in [1.82, 2.24) is 0 Å². The molecule has 0 heterocycles. The summed E-state index contributed by atoms with van der Waals surface area (Å²) < 4.78 is 27.0. The second kappa shape index (κ2) is 7.14. The van der Waals surface area contributed by atoms with Gasteiger partial charge in [-0.2, -0.15) is 0 Å². The predicted molar refractivity (Wildman–Crippen MR) is 69.6 cm³/mol. The number of benzene rings is 1. The molecule has 1 aromatic rings. The largest absolute Gasteiger partial charge is 0.324 e. The zero-order chi connectivity index (χ0) is 12.3. The molecule has 5 heteroatoms. The van der Waals surface area contributed by atoms with E-state index in [2.05, 4.69) is 0 Å². The second-order valence-electron chi connectivity index (χ2n) is 4.36. The zero-order valence-electron chi connectivity index (χ0n) is 9.84. The Morgan fingerprint density at radius 2 is 1.65 bits per heavy atom. The van der Waals surface area contributed by atoms with Crippen LogP contribution in [0.3, 0.4) is 0 Å². The third kappa shape index (κ3) is 4.78. The molecule has 1 atom stereocenters. The van der Waals surface area contributed by atoms with Crippen LogP contribution in [0.4, 0.5) is 8.78 Å². The van der Waals surface area contributed by atoms with Crippen LogP contribution in [0.1, 0.15) is 38.3 Å². The number of nitrogens with two attached hydrogens (primary N) is 1. The standard InChI is InChI=1S/C12H16ClF2N.ClH/c1-7(2)3-4-11(16)12-9(14)5-8(13)6-10(12)15;/h5-7,11H,3-4,16H2,1-2H3;1H/t11-;/m0./s1. The van der Waals surface area contributed by atoms with E-state index in [1.54, 1.807) is 0 Å². The first kappa shape index (κ1) is 16.6. The van der Waals surface area contributed by atoms with Crippen molar-refractivity contribution in [1.29, 1.82) is 0 Å². The third-order valence-electron chi connectivity index (χ3n) is 2.47. The molecule has 0 bridgehead atoms. The van der Waals surface area contributed by atoms with Crippen LogP contribution in [0.25, 0.3) is 0 Å². The lowest BCUT2D eigenvalue weighted by Crippen LogP contribution is -2.15. The van der Waals surface area contributed by atoms with E-state index in [-0.39, 0.29) is 23.0 Å². The highest BCUT2D eigenvalue weighted by atomic mass is 35.5. The quantitative estimate of drug-likeness (QED) is 0.867. The lowest BCUT2D eigenvalue weighted by molar-refractivity contribution is 0.468. The average molecular weight is 284 g/mol. The molecule has 0 radical (unpaired) electrons. The molecular weight excluding hydrogens is 267 g/mol. The fourth-order valence-electron chi connectivity index (χ4n) is 1.56. The van der Waals surface area contributed by atoms with Gasteiger partial charge in [-0.05, 0) is 30.9 Å². The van der Waals surface area contributed by atoms with Gasteiger partial charge in [0, 0.05) is 16.6 Å². The van der Waals surface area contributed by atoms with Gasteiger partial charge >= 0.3 is 0 Å². The van der Waals surface area contributed by atoms with Gasteiger partial charge < -0.3 is 5.73 Å². The van der Waals surface area contributed by atoms with Gasteiger partial charge in [0.15, 0.2) is 0 Å². The Hall–Kier alpha value is -0.380. The van der Waals surface area contributed by atoms with Gasteiger partial charge in [0.2, 0.25) is 0 Å². The lowest BCUT2D eigenvalue weighted by atomic mass is 9.97. The fraction of sp³-hybridized carbons (Fsp3) is 0.500. The molecule has 0 aromatic heterocycles. The monoisotopic (exact) mass is 283 g/mol. The summed E-state index contributed by atoms with van der Waals surface area (Å²) in [5.41, 5.74) is 5.71. The summed E-state index contributed by atoms with van der Waals surface area (Å²) >= 11 is 5.53. The second-order valence-corrected chi connectivity index (χ2v) is 4.80. The average Bonchev–Trinajstić information content (AvgIpc) is 2.12. The molecule has 1 aromatic carbocycles. The van der Waals surface area contributed by atoms with Crippen LogP contribution >= 0.6 is 24.0 Å². The van der Waals surface area contributed by atoms with Gasteiger partial charge in [0.1, 0.15) is 11.6 Å². The first-order chi connectivity index (χ1) is 7.41. The summed E-state index contributed by atoms with van der Waals surface area (Å²) in [7, 11) is 0. The molecule has 0 aliphatic rings. The van der Waals surface area contributed by atoms with Crippen LogP contribution < -0.4 is 5.73 Å². The predicted octanol–water partition coefficient (Wildman–Crippen LogP) is 4.48. The van der Waals surface area contributed by atoms with Crippen molar-refractivity contribution < 1.29 is 8.78 Å². The van der Waals surface area contributed by atoms with Crippen LogP contribution in [0.2, 0.25) is 5.02 Å². The van der Waals surface area contributed by atoms with E-state index < -0.39 is 17.7 Å². The minimum atomic E-state index is -0.666. The van der Waals surface area contributed by atoms with Gasteiger partial charge in [0.05, 0.1) is 0 Å². The smallest absolute Gasteiger partial charge is 0.132 e. The highest BCUT2D eigenvalue weighted by Crippen LogP contribution is 2.26. The van der Waals surface area contributed by atoms with E-state index in [9.17, 15) is 8.78 Å². The maximum absolute atomic E-state index is 13.5. The van der Waals surface area contributed by atoms with Gasteiger partial charge in [-0.1, -0.05) is 25.4 Å². The highest BCUT2D eigenvalue weighted by Gasteiger charge is 2.17. The van der Waals surface area contributed by atoms with Gasteiger partial charge in [-0.3, -0.25) is 0 Å². The molecule has 0 fully saturated rings. The molecule has 2 N–H and O–H groups in total. The van der Waals surface area contributed by atoms with Crippen LogP contribution in [0.5, 0.6) is 0 Å². The summed E-state index contributed by atoms with van der Waals surface area (Å²) in [6.07, 6.45) is 1.40. The normalized spacial score (nSPS) is 12.4. The topological polar surface area (TPSA) is 26.0 Å². The molecule has 1 rings (SSSR count).